The molecule has 5 rings (SSSR count). The summed E-state index contributed by atoms with van der Waals surface area (Å²) < 4.78 is 3.36. The van der Waals surface area contributed by atoms with Crippen LogP contribution in [0.5, 0.6) is 0 Å². The van der Waals surface area contributed by atoms with E-state index in [-0.39, 0.29) is 5.69 Å². The summed E-state index contributed by atoms with van der Waals surface area (Å²) in [6.07, 6.45) is 0.901. The molecule has 0 N–H and O–H groups in total. The standard InChI is InChI=1S/C24H26ClN5O/c1-18-5-2-6-19-9-10-22-26-29(24(31)30(22)23(18)19)12-4-11-27-13-15-28(16-14-27)21-8-3-7-20(25)17-21/h2-3,5-10,17H,4,11-16H2,1H3. The number of anilines is 1. The Hall–Kier alpha value is -2.83. The number of para-hydroxylation sites is 1. The molecular weight excluding hydrogens is 410 g/mol. The average molecular weight is 436 g/mol. The minimum Gasteiger partial charge on any atom is -0.369 e. The van der Waals surface area contributed by atoms with Crippen LogP contribution in [0.3, 0.4) is 0 Å². The Morgan fingerprint density at radius 2 is 1.77 bits per heavy atom. The van der Waals surface area contributed by atoms with E-state index in [1.54, 1.807) is 9.08 Å². The molecule has 2 aromatic heterocycles. The van der Waals surface area contributed by atoms with Gasteiger partial charge in [0.15, 0.2) is 5.65 Å². The molecule has 0 saturated carbocycles. The third-order valence-corrected chi connectivity index (χ3v) is 6.39. The quantitative estimate of drug-likeness (QED) is 0.478. The van der Waals surface area contributed by atoms with Gasteiger partial charge in [-0.1, -0.05) is 35.9 Å². The van der Waals surface area contributed by atoms with Gasteiger partial charge in [0.1, 0.15) is 0 Å². The van der Waals surface area contributed by atoms with Crippen molar-refractivity contribution >= 4 is 33.8 Å². The maximum absolute atomic E-state index is 13.0. The van der Waals surface area contributed by atoms with Crippen LogP contribution in [-0.2, 0) is 6.54 Å². The predicted molar refractivity (Wildman–Crippen MR) is 126 cm³/mol. The van der Waals surface area contributed by atoms with Crippen LogP contribution in [0.25, 0.3) is 16.6 Å². The molecule has 1 aliphatic heterocycles. The zero-order valence-electron chi connectivity index (χ0n) is 17.7. The van der Waals surface area contributed by atoms with Gasteiger partial charge in [-0.25, -0.2) is 13.9 Å². The van der Waals surface area contributed by atoms with Crippen molar-refractivity contribution in [2.75, 3.05) is 37.6 Å². The number of pyridine rings is 1. The van der Waals surface area contributed by atoms with E-state index in [0.717, 1.165) is 60.6 Å². The molecule has 1 saturated heterocycles. The van der Waals surface area contributed by atoms with Crippen LogP contribution in [0.2, 0.25) is 5.02 Å². The number of piperazine rings is 1. The molecule has 0 aliphatic carbocycles. The van der Waals surface area contributed by atoms with E-state index in [2.05, 4.69) is 21.0 Å². The molecule has 2 aromatic carbocycles. The van der Waals surface area contributed by atoms with E-state index in [9.17, 15) is 4.79 Å². The van der Waals surface area contributed by atoms with Crippen molar-refractivity contribution in [3.8, 4) is 0 Å². The lowest BCUT2D eigenvalue weighted by Gasteiger charge is -2.36. The van der Waals surface area contributed by atoms with E-state index in [4.69, 9.17) is 11.6 Å². The van der Waals surface area contributed by atoms with Crippen LogP contribution in [0, 0.1) is 6.92 Å². The molecule has 0 unspecified atom stereocenters. The zero-order chi connectivity index (χ0) is 21.4. The van der Waals surface area contributed by atoms with Crippen molar-refractivity contribution in [3.05, 3.63) is 75.7 Å². The fourth-order valence-electron chi connectivity index (χ4n) is 4.52. The Morgan fingerprint density at radius 1 is 0.968 bits per heavy atom. The van der Waals surface area contributed by atoms with E-state index < -0.39 is 0 Å². The summed E-state index contributed by atoms with van der Waals surface area (Å²) in [6, 6.07) is 18.1. The molecule has 0 bridgehead atoms. The average Bonchev–Trinajstić information content (AvgIpc) is 3.10. The number of fused-ring (bicyclic) bond motifs is 3. The highest BCUT2D eigenvalue weighted by molar-refractivity contribution is 6.30. The van der Waals surface area contributed by atoms with Gasteiger partial charge < -0.3 is 4.90 Å². The highest BCUT2D eigenvalue weighted by Gasteiger charge is 2.17. The smallest absolute Gasteiger partial charge is 0.350 e. The molecule has 160 valence electrons. The largest absolute Gasteiger partial charge is 0.369 e. The van der Waals surface area contributed by atoms with Crippen LogP contribution in [-0.4, -0.2) is 51.8 Å². The molecule has 0 spiro atoms. The first kappa shape index (κ1) is 20.1. The van der Waals surface area contributed by atoms with Crippen molar-refractivity contribution in [2.45, 2.75) is 19.9 Å². The van der Waals surface area contributed by atoms with Crippen molar-refractivity contribution in [1.82, 2.24) is 19.1 Å². The van der Waals surface area contributed by atoms with Gasteiger partial charge in [0.05, 0.1) is 5.52 Å². The summed E-state index contributed by atoms with van der Waals surface area (Å²) in [4.78, 5) is 17.9. The third-order valence-electron chi connectivity index (χ3n) is 6.16. The Labute approximate surface area is 186 Å². The fraction of sp³-hybridized carbons (Fsp3) is 0.333. The summed E-state index contributed by atoms with van der Waals surface area (Å²) in [7, 11) is 0. The molecule has 6 nitrogen and oxygen atoms in total. The molecule has 0 radical (unpaired) electrons. The zero-order valence-corrected chi connectivity index (χ0v) is 18.4. The number of halogens is 1. The van der Waals surface area contributed by atoms with Gasteiger partial charge in [-0.2, -0.15) is 0 Å². The van der Waals surface area contributed by atoms with Crippen LogP contribution in [0.15, 0.2) is 59.4 Å². The van der Waals surface area contributed by atoms with E-state index in [1.807, 2.05) is 55.5 Å². The summed E-state index contributed by atoms with van der Waals surface area (Å²) >= 11 is 6.13. The maximum atomic E-state index is 13.0. The Kier molecular flexibility index (Phi) is 5.42. The number of rotatable bonds is 5. The van der Waals surface area contributed by atoms with Crippen LogP contribution < -0.4 is 10.6 Å². The number of hydrogen-bond donors (Lipinski definition) is 0. The summed E-state index contributed by atoms with van der Waals surface area (Å²) in [5.74, 6) is 0. The van der Waals surface area contributed by atoms with Crippen molar-refractivity contribution in [2.24, 2.45) is 0 Å². The van der Waals surface area contributed by atoms with Crippen LogP contribution >= 0.6 is 11.6 Å². The number of hydrogen-bond acceptors (Lipinski definition) is 4. The number of benzene rings is 2. The Bertz CT molecular complexity index is 1290. The van der Waals surface area contributed by atoms with Crippen LogP contribution in [0.4, 0.5) is 5.69 Å². The monoisotopic (exact) mass is 435 g/mol. The molecule has 31 heavy (non-hydrogen) atoms. The molecule has 4 aromatic rings. The lowest BCUT2D eigenvalue weighted by molar-refractivity contribution is 0.248. The second-order valence-electron chi connectivity index (χ2n) is 8.21. The topological polar surface area (TPSA) is 45.8 Å². The fourth-order valence-corrected chi connectivity index (χ4v) is 4.71. The molecule has 0 atom stereocenters. The first-order valence-corrected chi connectivity index (χ1v) is 11.2. The minimum atomic E-state index is -0.0549. The van der Waals surface area contributed by atoms with Gasteiger partial charge in [-0.05, 0) is 54.6 Å². The van der Waals surface area contributed by atoms with Crippen molar-refractivity contribution < 1.29 is 0 Å². The maximum Gasteiger partial charge on any atom is 0.350 e. The van der Waals surface area contributed by atoms with Gasteiger partial charge in [0.2, 0.25) is 0 Å². The summed E-state index contributed by atoms with van der Waals surface area (Å²) in [6.45, 7) is 7.62. The second-order valence-corrected chi connectivity index (χ2v) is 8.64. The van der Waals surface area contributed by atoms with Crippen molar-refractivity contribution in [1.29, 1.82) is 0 Å². The predicted octanol–water partition coefficient (Wildman–Crippen LogP) is 3.82. The molecule has 1 fully saturated rings. The molecule has 3 heterocycles. The van der Waals surface area contributed by atoms with E-state index in [0.29, 0.717) is 12.2 Å². The minimum absolute atomic E-state index is 0.0549. The first-order chi connectivity index (χ1) is 15.1. The van der Waals surface area contributed by atoms with Gasteiger partial charge in [-0.3, -0.25) is 4.90 Å². The second kappa shape index (κ2) is 8.36. The molecular formula is C24H26ClN5O. The normalized spacial score (nSPS) is 15.2. The van der Waals surface area contributed by atoms with Gasteiger partial charge >= 0.3 is 5.69 Å². The summed E-state index contributed by atoms with van der Waals surface area (Å²) in [5, 5.41) is 6.41. The molecule has 1 aliphatic rings. The highest BCUT2D eigenvalue weighted by Crippen LogP contribution is 2.21. The molecule has 0 amide bonds. The van der Waals surface area contributed by atoms with Crippen LogP contribution in [0.1, 0.15) is 12.0 Å². The SMILES string of the molecule is Cc1cccc2ccc3nn(CCCN4CCN(c5cccc(Cl)c5)CC4)c(=O)n3c12. The van der Waals surface area contributed by atoms with Gasteiger partial charge in [0, 0.05) is 50.0 Å². The lowest BCUT2D eigenvalue weighted by atomic mass is 10.1. The van der Waals surface area contributed by atoms with E-state index >= 15 is 0 Å². The summed E-state index contributed by atoms with van der Waals surface area (Å²) in [5.41, 5.74) is 3.88. The number of aromatic nitrogens is 3. The molecule has 7 heteroatoms. The Balaban J connectivity index is 1.23. The third kappa shape index (κ3) is 3.93. The highest BCUT2D eigenvalue weighted by atomic mass is 35.5. The van der Waals surface area contributed by atoms with Gasteiger partial charge in [0.25, 0.3) is 0 Å². The first-order valence-electron chi connectivity index (χ1n) is 10.8. The van der Waals surface area contributed by atoms with Crippen molar-refractivity contribution in [3.63, 3.8) is 0 Å². The lowest BCUT2D eigenvalue weighted by Crippen LogP contribution is -2.46. The van der Waals surface area contributed by atoms with Gasteiger partial charge in [-0.15, -0.1) is 5.10 Å². The van der Waals surface area contributed by atoms with E-state index in [1.165, 1.54) is 5.69 Å². The Morgan fingerprint density at radius 3 is 2.58 bits per heavy atom. The number of nitrogens with zero attached hydrogens (tertiary/aromatic N) is 5. The number of aryl methyl sites for hydroxylation is 2.